The van der Waals surface area contributed by atoms with Crippen LogP contribution in [-0.2, 0) is 11.3 Å². The normalized spacial score (nSPS) is 12.7. The molecule has 188 valence electrons. The molecule has 0 radical (unpaired) electrons. The molecule has 0 aromatic heterocycles. The number of hydrogen-bond donors (Lipinski definition) is 2. The minimum Gasteiger partial charge on any atom is -0.497 e. The molecule has 0 atom stereocenters. The molecular formula is C28H31N3O5. The minimum atomic E-state index is -0.309. The monoisotopic (exact) mass is 489 g/mol. The molecule has 0 heterocycles. The fourth-order valence-electron chi connectivity index (χ4n) is 4.02. The average Bonchev–Trinajstić information content (AvgIpc) is 3.74. The Balaban J connectivity index is 1.44. The number of methoxy groups -OCH3 is 3. The summed E-state index contributed by atoms with van der Waals surface area (Å²) in [7, 11) is 4.84. The molecule has 8 nitrogen and oxygen atoms in total. The van der Waals surface area contributed by atoms with Crippen LogP contribution in [0.3, 0.4) is 0 Å². The summed E-state index contributed by atoms with van der Waals surface area (Å²) in [6, 6.07) is 20.0. The Morgan fingerprint density at radius 2 is 1.56 bits per heavy atom. The van der Waals surface area contributed by atoms with Crippen LogP contribution in [0.1, 0.15) is 28.8 Å². The van der Waals surface area contributed by atoms with E-state index >= 15 is 0 Å². The zero-order valence-corrected chi connectivity index (χ0v) is 20.7. The van der Waals surface area contributed by atoms with Crippen LogP contribution in [0.2, 0.25) is 0 Å². The first kappa shape index (κ1) is 25.1. The van der Waals surface area contributed by atoms with Crippen LogP contribution in [0, 0.1) is 0 Å². The molecule has 1 aliphatic carbocycles. The molecule has 0 spiro atoms. The van der Waals surface area contributed by atoms with Gasteiger partial charge in [0.2, 0.25) is 5.91 Å². The standard InChI is InChI=1S/C28H31N3O5/c1-34-22-12-8-20(9-13-22)29-28(33)24-6-4-5-7-25(24)30-27(32)18-31(21-10-11-21)17-19-16-23(35-2)14-15-26(19)36-3/h4-9,12-16,21H,10-11,17-18H2,1-3H3,(H,29,33)(H,30,32). The first-order valence-corrected chi connectivity index (χ1v) is 11.8. The lowest BCUT2D eigenvalue weighted by molar-refractivity contribution is -0.117. The summed E-state index contributed by atoms with van der Waals surface area (Å²) in [5.41, 5.74) is 2.43. The molecule has 1 aliphatic rings. The lowest BCUT2D eigenvalue weighted by atomic mass is 10.1. The Bertz CT molecular complexity index is 1210. The highest BCUT2D eigenvalue weighted by atomic mass is 16.5. The van der Waals surface area contributed by atoms with Gasteiger partial charge in [-0.1, -0.05) is 12.1 Å². The maximum absolute atomic E-state index is 13.1. The third kappa shape index (κ3) is 6.34. The van der Waals surface area contributed by atoms with Gasteiger partial charge in [0.05, 0.1) is 39.1 Å². The van der Waals surface area contributed by atoms with E-state index in [1.807, 2.05) is 18.2 Å². The van der Waals surface area contributed by atoms with Gasteiger partial charge in [-0.25, -0.2) is 0 Å². The van der Waals surface area contributed by atoms with E-state index in [4.69, 9.17) is 14.2 Å². The van der Waals surface area contributed by atoms with Gasteiger partial charge in [-0.2, -0.15) is 0 Å². The van der Waals surface area contributed by atoms with Crippen LogP contribution in [0.15, 0.2) is 66.7 Å². The smallest absolute Gasteiger partial charge is 0.257 e. The van der Waals surface area contributed by atoms with E-state index in [1.54, 1.807) is 69.9 Å². The number of anilines is 2. The number of rotatable bonds is 11. The fourth-order valence-corrected chi connectivity index (χ4v) is 4.02. The number of hydrogen-bond acceptors (Lipinski definition) is 6. The Morgan fingerprint density at radius 3 is 2.22 bits per heavy atom. The lowest BCUT2D eigenvalue weighted by Gasteiger charge is -2.23. The zero-order chi connectivity index (χ0) is 25.5. The summed E-state index contributed by atoms with van der Waals surface area (Å²) >= 11 is 0. The second-order valence-corrected chi connectivity index (χ2v) is 8.59. The predicted molar refractivity (Wildman–Crippen MR) is 139 cm³/mol. The number of carbonyl (C=O) groups excluding carboxylic acids is 2. The van der Waals surface area contributed by atoms with Crippen LogP contribution in [0.25, 0.3) is 0 Å². The average molecular weight is 490 g/mol. The zero-order valence-electron chi connectivity index (χ0n) is 20.7. The van der Waals surface area contributed by atoms with Gasteiger partial charge in [0.15, 0.2) is 0 Å². The van der Waals surface area contributed by atoms with E-state index in [2.05, 4.69) is 15.5 Å². The quantitative estimate of drug-likeness (QED) is 0.410. The second kappa shape index (κ2) is 11.6. The molecule has 1 saturated carbocycles. The van der Waals surface area contributed by atoms with Crippen LogP contribution in [-0.4, -0.2) is 50.6 Å². The van der Waals surface area contributed by atoms with Gasteiger partial charge >= 0.3 is 0 Å². The topological polar surface area (TPSA) is 89.1 Å². The van der Waals surface area contributed by atoms with Crippen LogP contribution in [0.4, 0.5) is 11.4 Å². The van der Waals surface area contributed by atoms with Gasteiger partial charge in [0, 0.05) is 23.8 Å². The molecular weight excluding hydrogens is 458 g/mol. The molecule has 3 aromatic carbocycles. The molecule has 8 heteroatoms. The summed E-state index contributed by atoms with van der Waals surface area (Å²) in [5.74, 6) is 1.70. The van der Waals surface area contributed by atoms with Gasteiger partial charge in [-0.15, -0.1) is 0 Å². The van der Waals surface area contributed by atoms with Crippen molar-refractivity contribution < 1.29 is 23.8 Å². The number of carbonyl (C=O) groups is 2. The summed E-state index contributed by atoms with van der Waals surface area (Å²) in [4.78, 5) is 28.2. The van der Waals surface area contributed by atoms with E-state index in [0.29, 0.717) is 35.3 Å². The maximum atomic E-state index is 13.1. The third-order valence-electron chi connectivity index (χ3n) is 6.06. The summed E-state index contributed by atoms with van der Waals surface area (Å²) in [5, 5.41) is 5.79. The van der Waals surface area contributed by atoms with Crippen molar-refractivity contribution in [3.8, 4) is 17.2 Å². The SMILES string of the molecule is COc1ccc(NC(=O)c2ccccc2NC(=O)CN(Cc2cc(OC)ccc2OC)C2CC2)cc1. The Hall–Kier alpha value is -4.04. The molecule has 0 saturated heterocycles. The van der Waals surface area contributed by atoms with Crippen molar-refractivity contribution in [2.45, 2.75) is 25.4 Å². The molecule has 3 aromatic rings. The van der Waals surface area contributed by atoms with Crippen LogP contribution >= 0.6 is 0 Å². The van der Waals surface area contributed by atoms with Gasteiger partial charge in [-0.05, 0) is 67.4 Å². The Labute approximate surface area is 211 Å². The second-order valence-electron chi connectivity index (χ2n) is 8.59. The number of ether oxygens (including phenoxy) is 3. The van der Waals surface area contributed by atoms with Crippen molar-refractivity contribution >= 4 is 23.2 Å². The minimum absolute atomic E-state index is 0.187. The summed E-state index contributed by atoms with van der Waals surface area (Å²) in [6.07, 6.45) is 2.08. The number of nitrogens with one attached hydrogen (secondary N) is 2. The number of para-hydroxylation sites is 1. The predicted octanol–water partition coefficient (Wildman–Crippen LogP) is 4.57. The first-order valence-electron chi connectivity index (χ1n) is 11.8. The summed E-state index contributed by atoms with van der Waals surface area (Å²) in [6.45, 7) is 0.748. The number of nitrogens with zero attached hydrogens (tertiary/aromatic N) is 1. The van der Waals surface area contributed by atoms with Crippen molar-refractivity contribution in [1.29, 1.82) is 0 Å². The number of benzene rings is 3. The van der Waals surface area contributed by atoms with Crippen LogP contribution < -0.4 is 24.8 Å². The third-order valence-corrected chi connectivity index (χ3v) is 6.06. The molecule has 0 unspecified atom stereocenters. The van der Waals surface area contributed by atoms with E-state index in [9.17, 15) is 9.59 Å². The first-order chi connectivity index (χ1) is 17.5. The Morgan fingerprint density at radius 1 is 0.861 bits per heavy atom. The van der Waals surface area contributed by atoms with Crippen molar-refractivity contribution in [1.82, 2.24) is 4.90 Å². The maximum Gasteiger partial charge on any atom is 0.257 e. The van der Waals surface area contributed by atoms with E-state index in [-0.39, 0.29) is 18.4 Å². The van der Waals surface area contributed by atoms with Crippen LogP contribution in [0.5, 0.6) is 17.2 Å². The Kier molecular flexibility index (Phi) is 8.07. The highest BCUT2D eigenvalue weighted by Gasteiger charge is 2.31. The van der Waals surface area contributed by atoms with Gasteiger partial charge in [0.25, 0.3) is 5.91 Å². The highest BCUT2D eigenvalue weighted by Crippen LogP contribution is 2.32. The molecule has 2 amide bonds. The van der Waals surface area contributed by atoms with Crippen molar-refractivity contribution in [3.05, 3.63) is 77.9 Å². The van der Waals surface area contributed by atoms with E-state index in [1.165, 1.54) is 0 Å². The van der Waals surface area contributed by atoms with Gasteiger partial charge < -0.3 is 24.8 Å². The van der Waals surface area contributed by atoms with Crippen molar-refractivity contribution in [2.75, 3.05) is 38.5 Å². The van der Waals surface area contributed by atoms with Crippen molar-refractivity contribution in [3.63, 3.8) is 0 Å². The van der Waals surface area contributed by atoms with Crippen molar-refractivity contribution in [2.24, 2.45) is 0 Å². The molecule has 2 N–H and O–H groups in total. The fraction of sp³-hybridized carbons (Fsp3) is 0.286. The van der Waals surface area contributed by atoms with E-state index in [0.717, 1.165) is 29.9 Å². The molecule has 0 aliphatic heterocycles. The largest absolute Gasteiger partial charge is 0.497 e. The molecule has 0 bridgehead atoms. The van der Waals surface area contributed by atoms with Gasteiger partial charge in [0.1, 0.15) is 17.2 Å². The molecule has 36 heavy (non-hydrogen) atoms. The van der Waals surface area contributed by atoms with E-state index < -0.39 is 0 Å². The molecule has 4 rings (SSSR count). The lowest BCUT2D eigenvalue weighted by Crippen LogP contribution is -2.35. The number of amides is 2. The highest BCUT2D eigenvalue weighted by molar-refractivity contribution is 6.10. The van der Waals surface area contributed by atoms with Gasteiger partial charge in [-0.3, -0.25) is 14.5 Å². The molecule has 1 fully saturated rings. The summed E-state index contributed by atoms with van der Waals surface area (Å²) < 4.78 is 16.0.